The molecule has 0 saturated heterocycles. The molecule has 0 aliphatic carbocycles. The molecule has 0 spiro atoms. The number of ether oxygens (including phenoxy) is 1. The Balaban J connectivity index is 1.84. The van der Waals surface area contributed by atoms with E-state index in [0.29, 0.717) is 6.61 Å². The Kier molecular flexibility index (Phi) is 4.29. The van der Waals surface area contributed by atoms with Crippen LogP contribution in [-0.4, -0.2) is 20.2 Å². The van der Waals surface area contributed by atoms with Gasteiger partial charge in [-0.05, 0) is 48.9 Å². The number of nitrogens with two attached hydrogens (primary N) is 1. The fourth-order valence-electron chi connectivity index (χ4n) is 1.86. The van der Waals surface area contributed by atoms with Gasteiger partial charge in [0, 0.05) is 18.4 Å². The summed E-state index contributed by atoms with van der Waals surface area (Å²) in [7, 11) is 2.07. The highest BCUT2D eigenvalue weighted by Crippen LogP contribution is 2.15. The second-order valence-electron chi connectivity index (χ2n) is 4.68. The van der Waals surface area contributed by atoms with Crippen LogP contribution in [-0.2, 0) is 0 Å². The number of likely N-dealkylation sites (N-methyl/N-ethyl adjacent to an activating group) is 1. The SMILES string of the molecule is Cc1cccc(N(C)CCOc2ccc(N)cc2)c1. The van der Waals surface area contributed by atoms with Crippen LogP contribution in [0.15, 0.2) is 48.5 Å². The van der Waals surface area contributed by atoms with Crippen molar-refractivity contribution in [3.05, 3.63) is 54.1 Å². The fourth-order valence-corrected chi connectivity index (χ4v) is 1.86. The summed E-state index contributed by atoms with van der Waals surface area (Å²) in [6, 6.07) is 15.9. The lowest BCUT2D eigenvalue weighted by atomic mass is 10.2. The van der Waals surface area contributed by atoms with Crippen LogP contribution in [0, 0.1) is 6.92 Å². The summed E-state index contributed by atoms with van der Waals surface area (Å²) in [5.41, 5.74) is 8.86. The first kappa shape index (κ1) is 13.3. The number of hydrogen-bond acceptors (Lipinski definition) is 3. The molecule has 3 heteroatoms. The Morgan fingerprint density at radius 1 is 1.11 bits per heavy atom. The average molecular weight is 256 g/mol. The lowest BCUT2D eigenvalue weighted by Crippen LogP contribution is -2.23. The minimum Gasteiger partial charge on any atom is -0.492 e. The van der Waals surface area contributed by atoms with Crippen molar-refractivity contribution in [2.75, 3.05) is 30.8 Å². The predicted molar refractivity (Wildman–Crippen MR) is 80.8 cm³/mol. The van der Waals surface area contributed by atoms with Crippen molar-refractivity contribution in [1.29, 1.82) is 0 Å². The molecule has 0 saturated carbocycles. The summed E-state index contributed by atoms with van der Waals surface area (Å²) in [6.07, 6.45) is 0. The van der Waals surface area contributed by atoms with E-state index in [1.54, 1.807) is 0 Å². The van der Waals surface area contributed by atoms with Crippen molar-refractivity contribution < 1.29 is 4.74 Å². The minimum absolute atomic E-state index is 0.647. The molecule has 0 unspecified atom stereocenters. The molecule has 0 aliphatic heterocycles. The topological polar surface area (TPSA) is 38.5 Å². The first-order chi connectivity index (χ1) is 9.15. The third kappa shape index (κ3) is 3.91. The molecule has 2 aromatic rings. The first-order valence-corrected chi connectivity index (χ1v) is 6.41. The van der Waals surface area contributed by atoms with E-state index in [9.17, 15) is 0 Å². The quantitative estimate of drug-likeness (QED) is 0.835. The predicted octanol–water partition coefficient (Wildman–Crippen LogP) is 3.09. The lowest BCUT2D eigenvalue weighted by molar-refractivity contribution is 0.326. The third-order valence-electron chi connectivity index (χ3n) is 3.02. The number of nitrogens with zero attached hydrogens (tertiary/aromatic N) is 1. The molecule has 2 rings (SSSR count). The van der Waals surface area contributed by atoms with Gasteiger partial charge in [-0.3, -0.25) is 0 Å². The molecule has 2 N–H and O–H groups in total. The van der Waals surface area contributed by atoms with E-state index in [4.69, 9.17) is 10.5 Å². The number of nitrogen functional groups attached to an aromatic ring is 1. The largest absolute Gasteiger partial charge is 0.492 e. The average Bonchev–Trinajstić information content (AvgIpc) is 2.41. The summed E-state index contributed by atoms with van der Waals surface area (Å²) >= 11 is 0. The Morgan fingerprint density at radius 3 is 2.53 bits per heavy atom. The lowest BCUT2D eigenvalue weighted by Gasteiger charge is -2.20. The van der Waals surface area contributed by atoms with Crippen molar-refractivity contribution >= 4 is 11.4 Å². The molecule has 2 aromatic carbocycles. The van der Waals surface area contributed by atoms with Gasteiger partial charge in [-0.25, -0.2) is 0 Å². The molecule has 0 amide bonds. The summed E-state index contributed by atoms with van der Waals surface area (Å²) in [4.78, 5) is 2.18. The van der Waals surface area contributed by atoms with Crippen LogP contribution < -0.4 is 15.4 Å². The molecule has 0 bridgehead atoms. The molecule has 3 nitrogen and oxygen atoms in total. The molecule has 0 radical (unpaired) electrons. The Bertz CT molecular complexity index is 523. The van der Waals surface area contributed by atoms with Crippen LogP contribution in [0.3, 0.4) is 0 Å². The van der Waals surface area contributed by atoms with Crippen molar-refractivity contribution in [2.45, 2.75) is 6.92 Å². The van der Waals surface area contributed by atoms with Gasteiger partial charge in [0.1, 0.15) is 12.4 Å². The van der Waals surface area contributed by atoms with Gasteiger partial charge >= 0.3 is 0 Å². The van der Waals surface area contributed by atoms with Gasteiger partial charge in [-0.1, -0.05) is 12.1 Å². The van der Waals surface area contributed by atoms with Crippen LogP contribution in [0.25, 0.3) is 0 Å². The van der Waals surface area contributed by atoms with Gasteiger partial charge in [0.2, 0.25) is 0 Å². The maximum absolute atomic E-state index is 5.69. The van der Waals surface area contributed by atoms with Crippen molar-refractivity contribution in [3.63, 3.8) is 0 Å². The van der Waals surface area contributed by atoms with E-state index in [2.05, 4.69) is 43.1 Å². The molecular weight excluding hydrogens is 236 g/mol. The Labute approximate surface area is 114 Å². The molecule has 0 fully saturated rings. The molecule has 0 heterocycles. The van der Waals surface area contributed by atoms with Crippen molar-refractivity contribution in [1.82, 2.24) is 0 Å². The van der Waals surface area contributed by atoms with Crippen LogP contribution in [0.4, 0.5) is 11.4 Å². The summed E-state index contributed by atoms with van der Waals surface area (Å²) in [5, 5.41) is 0. The molecule has 0 aliphatic rings. The zero-order valence-electron chi connectivity index (χ0n) is 11.5. The van der Waals surface area contributed by atoms with E-state index < -0.39 is 0 Å². The van der Waals surface area contributed by atoms with Gasteiger partial charge < -0.3 is 15.4 Å². The number of anilines is 2. The second-order valence-corrected chi connectivity index (χ2v) is 4.68. The maximum Gasteiger partial charge on any atom is 0.119 e. The van der Waals surface area contributed by atoms with E-state index in [1.165, 1.54) is 11.3 Å². The summed E-state index contributed by atoms with van der Waals surface area (Å²) in [5.74, 6) is 0.854. The number of hydrogen-bond donors (Lipinski definition) is 1. The highest BCUT2D eigenvalue weighted by atomic mass is 16.5. The first-order valence-electron chi connectivity index (χ1n) is 6.41. The van der Waals surface area contributed by atoms with Gasteiger partial charge in [0.05, 0.1) is 6.54 Å². The third-order valence-corrected chi connectivity index (χ3v) is 3.02. The molecule has 0 aromatic heterocycles. The molecule has 19 heavy (non-hydrogen) atoms. The summed E-state index contributed by atoms with van der Waals surface area (Å²) in [6.45, 7) is 3.59. The van der Waals surface area contributed by atoms with Gasteiger partial charge in [0.15, 0.2) is 0 Å². The van der Waals surface area contributed by atoms with Crippen molar-refractivity contribution in [3.8, 4) is 5.75 Å². The zero-order valence-corrected chi connectivity index (χ0v) is 11.5. The highest BCUT2D eigenvalue weighted by molar-refractivity contribution is 5.47. The highest BCUT2D eigenvalue weighted by Gasteiger charge is 2.01. The van der Waals surface area contributed by atoms with Crippen molar-refractivity contribution in [2.24, 2.45) is 0 Å². The molecule has 0 atom stereocenters. The number of benzene rings is 2. The Hall–Kier alpha value is -2.16. The monoisotopic (exact) mass is 256 g/mol. The fraction of sp³-hybridized carbons (Fsp3) is 0.250. The zero-order chi connectivity index (χ0) is 13.7. The van der Waals surface area contributed by atoms with E-state index in [1.807, 2.05) is 24.3 Å². The standard InChI is InChI=1S/C16H20N2O/c1-13-4-3-5-15(12-13)18(2)10-11-19-16-8-6-14(17)7-9-16/h3-9,12H,10-11,17H2,1-2H3. The Morgan fingerprint density at radius 2 is 1.84 bits per heavy atom. The normalized spacial score (nSPS) is 10.2. The summed E-state index contributed by atoms with van der Waals surface area (Å²) < 4.78 is 5.69. The van der Waals surface area contributed by atoms with E-state index in [0.717, 1.165) is 18.0 Å². The van der Waals surface area contributed by atoms with Gasteiger partial charge in [0.25, 0.3) is 0 Å². The van der Waals surface area contributed by atoms with Gasteiger partial charge in [-0.2, -0.15) is 0 Å². The maximum atomic E-state index is 5.69. The molecular formula is C16H20N2O. The number of rotatable bonds is 5. The number of aryl methyl sites for hydroxylation is 1. The molecule has 100 valence electrons. The van der Waals surface area contributed by atoms with Crippen LogP contribution >= 0.6 is 0 Å². The van der Waals surface area contributed by atoms with Crippen LogP contribution in [0.5, 0.6) is 5.75 Å². The van der Waals surface area contributed by atoms with E-state index >= 15 is 0 Å². The smallest absolute Gasteiger partial charge is 0.119 e. The van der Waals surface area contributed by atoms with E-state index in [-0.39, 0.29) is 0 Å². The van der Waals surface area contributed by atoms with Crippen LogP contribution in [0.2, 0.25) is 0 Å². The minimum atomic E-state index is 0.647. The second kappa shape index (κ2) is 6.14. The van der Waals surface area contributed by atoms with Crippen LogP contribution in [0.1, 0.15) is 5.56 Å². The van der Waals surface area contributed by atoms with Gasteiger partial charge in [-0.15, -0.1) is 0 Å².